The number of anilines is 1. The second-order valence-electron chi connectivity index (χ2n) is 6.76. The van der Waals surface area contributed by atoms with E-state index in [1.165, 1.54) is 29.4 Å². The fourth-order valence-electron chi connectivity index (χ4n) is 2.68. The molecule has 0 aliphatic carbocycles. The van der Waals surface area contributed by atoms with Crippen LogP contribution in [-0.4, -0.2) is 48.5 Å². The molecule has 0 fully saturated rings. The van der Waals surface area contributed by atoms with Crippen LogP contribution in [0.2, 0.25) is 0 Å². The zero-order chi connectivity index (χ0) is 22.0. The van der Waals surface area contributed by atoms with Crippen LogP contribution in [0.4, 0.5) is 18.9 Å². The third-order valence-electron chi connectivity index (χ3n) is 4.22. The Morgan fingerprint density at radius 1 is 1.31 bits per heavy atom. The molecule has 160 valence electrons. The number of amides is 1. The lowest BCUT2D eigenvalue weighted by molar-refractivity contribution is -0.141. The van der Waals surface area contributed by atoms with E-state index in [0.717, 1.165) is 4.57 Å². The van der Waals surface area contributed by atoms with Crippen LogP contribution in [0.15, 0.2) is 29.4 Å². The molecular formula is C17H22F3N5O3S. The normalized spacial score (nSPS) is 12.4. The molecule has 2 aromatic rings. The predicted molar refractivity (Wildman–Crippen MR) is 101 cm³/mol. The molecule has 0 radical (unpaired) electrons. The summed E-state index contributed by atoms with van der Waals surface area (Å²) in [5, 5.41) is 7.77. The fourth-order valence-corrected chi connectivity index (χ4v) is 3.30. The summed E-state index contributed by atoms with van der Waals surface area (Å²) in [6, 6.07) is 2.68. The lowest BCUT2D eigenvalue weighted by Gasteiger charge is -2.18. The maximum atomic E-state index is 12.6. The van der Waals surface area contributed by atoms with Gasteiger partial charge in [0.2, 0.25) is 15.9 Å². The third kappa shape index (κ3) is 6.54. The molecule has 0 saturated heterocycles. The number of carbonyl (C=O) groups excluding carboxylic acids is 1. The highest BCUT2D eigenvalue weighted by molar-refractivity contribution is 7.89. The number of halogens is 3. The highest BCUT2D eigenvalue weighted by Crippen LogP contribution is 2.23. The van der Waals surface area contributed by atoms with E-state index in [0.29, 0.717) is 16.8 Å². The fraction of sp³-hybridized carbons (Fsp3) is 0.412. The highest BCUT2D eigenvalue weighted by atomic mass is 32.2. The number of rotatable bonds is 7. The van der Waals surface area contributed by atoms with Crippen molar-refractivity contribution >= 4 is 21.6 Å². The number of alkyl halides is 3. The van der Waals surface area contributed by atoms with Gasteiger partial charge < -0.3 is 9.88 Å². The van der Waals surface area contributed by atoms with Crippen molar-refractivity contribution in [3.63, 3.8) is 0 Å². The Kier molecular flexibility index (Phi) is 6.71. The molecule has 0 bridgehead atoms. The highest BCUT2D eigenvalue weighted by Gasteiger charge is 2.29. The van der Waals surface area contributed by atoms with E-state index < -0.39 is 28.7 Å². The molecule has 1 aromatic carbocycles. The number of nitrogens with zero attached hydrogens (tertiary/aromatic N) is 3. The third-order valence-corrected chi connectivity index (χ3v) is 5.11. The average Bonchev–Trinajstić information content (AvgIpc) is 2.95. The van der Waals surface area contributed by atoms with Gasteiger partial charge in [0, 0.05) is 18.1 Å². The van der Waals surface area contributed by atoms with Crippen molar-refractivity contribution in [1.82, 2.24) is 14.5 Å². The molecule has 0 saturated carbocycles. The van der Waals surface area contributed by atoms with Crippen molar-refractivity contribution in [2.24, 2.45) is 5.14 Å². The number of hydrogen-bond acceptors (Lipinski definition) is 5. The van der Waals surface area contributed by atoms with Gasteiger partial charge in [0.05, 0.1) is 18.0 Å². The molecule has 0 aliphatic heterocycles. The lowest BCUT2D eigenvalue weighted by atomic mass is 10.1. The smallest absolute Gasteiger partial charge is 0.325 e. The molecule has 12 heteroatoms. The van der Waals surface area contributed by atoms with Crippen LogP contribution in [-0.2, 0) is 27.9 Å². The van der Waals surface area contributed by atoms with Crippen LogP contribution in [0.5, 0.6) is 0 Å². The monoisotopic (exact) mass is 433 g/mol. The molecule has 0 spiro atoms. The molecule has 29 heavy (non-hydrogen) atoms. The van der Waals surface area contributed by atoms with E-state index >= 15 is 0 Å². The summed E-state index contributed by atoms with van der Waals surface area (Å²) in [5.41, 5.74) is 1.61. The number of carbonyl (C=O) groups is 1. The molecule has 1 aromatic heterocycles. The largest absolute Gasteiger partial charge is 0.406 e. The van der Waals surface area contributed by atoms with E-state index in [4.69, 9.17) is 5.14 Å². The minimum atomic E-state index is -4.38. The topological polar surface area (TPSA) is 110 Å². The average molecular weight is 433 g/mol. The number of aryl methyl sites for hydroxylation is 1. The summed E-state index contributed by atoms with van der Waals surface area (Å²) in [6.45, 7) is 2.12. The van der Waals surface area contributed by atoms with Crippen LogP contribution in [0.1, 0.15) is 17.0 Å². The molecule has 0 atom stereocenters. The Bertz CT molecular complexity index is 1000. The van der Waals surface area contributed by atoms with Gasteiger partial charge in [-0.2, -0.15) is 13.2 Å². The summed E-state index contributed by atoms with van der Waals surface area (Å²) >= 11 is 0. The predicted octanol–water partition coefficient (Wildman–Crippen LogP) is 1.78. The summed E-state index contributed by atoms with van der Waals surface area (Å²) in [7, 11) is -2.38. The summed E-state index contributed by atoms with van der Waals surface area (Å²) in [5.74, 6) is -0.295. The quantitative estimate of drug-likeness (QED) is 0.692. The van der Waals surface area contributed by atoms with Crippen LogP contribution < -0.4 is 10.5 Å². The number of nitrogens with two attached hydrogens (primary N) is 1. The Morgan fingerprint density at radius 2 is 1.97 bits per heavy atom. The Labute approximate surface area is 166 Å². The van der Waals surface area contributed by atoms with Gasteiger partial charge in [-0.15, -0.1) is 0 Å². The van der Waals surface area contributed by atoms with Crippen LogP contribution >= 0.6 is 0 Å². The number of imidazole rings is 1. The van der Waals surface area contributed by atoms with Gasteiger partial charge in [-0.1, -0.05) is 0 Å². The number of hydrogen-bond donors (Lipinski definition) is 2. The van der Waals surface area contributed by atoms with Gasteiger partial charge in [-0.25, -0.2) is 18.5 Å². The summed E-state index contributed by atoms with van der Waals surface area (Å²) in [6.07, 6.45) is -1.89. The van der Waals surface area contributed by atoms with Gasteiger partial charge in [-0.3, -0.25) is 9.69 Å². The van der Waals surface area contributed by atoms with Crippen molar-refractivity contribution < 1.29 is 26.4 Å². The first-order chi connectivity index (χ1) is 13.3. The van der Waals surface area contributed by atoms with Crippen molar-refractivity contribution in [2.75, 3.05) is 18.9 Å². The number of nitrogens with one attached hydrogen (secondary N) is 1. The summed E-state index contributed by atoms with van der Waals surface area (Å²) < 4.78 is 61.9. The van der Waals surface area contributed by atoms with Crippen molar-refractivity contribution in [3.8, 4) is 0 Å². The second kappa shape index (κ2) is 8.51. The first-order valence-corrected chi connectivity index (χ1v) is 10.00. The Morgan fingerprint density at radius 3 is 2.55 bits per heavy atom. The maximum absolute atomic E-state index is 12.6. The number of aromatic nitrogens is 2. The van der Waals surface area contributed by atoms with Crippen LogP contribution in [0.3, 0.4) is 0 Å². The van der Waals surface area contributed by atoms with Crippen molar-refractivity contribution in [1.29, 1.82) is 0 Å². The van der Waals surface area contributed by atoms with E-state index in [-0.39, 0.29) is 23.8 Å². The minimum absolute atomic E-state index is 0.0196. The molecule has 0 unspecified atom stereocenters. The molecule has 2 rings (SSSR count). The molecular weight excluding hydrogens is 411 g/mol. The zero-order valence-electron chi connectivity index (χ0n) is 16.1. The first kappa shape index (κ1) is 22.8. The first-order valence-electron chi connectivity index (χ1n) is 8.45. The Hall–Kier alpha value is -2.44. The molecule has 1 amide bonds. The minimum Gasteiger partial charge on any atom is -0.325 e. The number of primary sulfonamides is 1. The number of likely N-dealkylation sites (N-methyl/N-ethyl adjacent to an activating group) is 1. The lowest BCUT2D eigenvalue weighted by Crippen LogP contribution is -2.31. The molecule has 1 heterocycles. The SMILES string of the molecule is Cc1cc(S(N)(=O)=O)cc(NC(=O)CN(C)Cc2nccn2CC(F)(F)F)c1C. The van der Waals surface area contributed by atoms with E-state index in [2.05, 4.69) is 10.3 Å². The second-order valence-corrected chi connectivity index (χ2v) is 8.33. The van der Waals surface area contributed by atoms with Gasteiger partial charge >= 0.3 is 6.18 Å². The van der Waals surface area contributed by atoms with Gasteiger partial charge in [-0.05, 0) is 44.2 Å². The Balaban J connectivity index is 2.07. The van der Waals surface area contributed by atoms with Crippen molar-refractivity contribution in [3.05, 3.63) is 41.5 Å². The summed E-state index contributed by atoms with van der Waals surface area (Å²) in [4.78, 5) is 17.6. The van der Waals surface area contributed by atoms with E-state index in [9.17, 15) is 26.4 Å². The number of sulfonamides is 1. The molecule has 3 N–H and O–H groups in total. The van der Waals surface area contributed by atoms with E-state index in [1.54, 1.807) is 20.9 Å². The zero-order valence-corrected chi connectivity index (χ0v) is 16.9. The number of benzene rings is 1. The standard InChI is InChI=1S/C17H22F3N5O3S/c1-11-6-13(29(21,27)28)7-14(12(11)2)23-16(26)9-24(3)8-15-22-4-5-25(15)10-17(18,19)20/h4-7H,8-10H2,1-3H3,(H,23,26)(H2,21,27,28). The van der Waals surface area contributed by atoms with Gasteiger partial charge in [0.15, 0.2) is 0 Å². The van der Waals surface area contributed by atoms with Gasteiger partial charge in [0.25, 0.3) is 0 Å². The van der Waals surface area contributed by atoms with Crippen molar-refractivity contribution in [2.45, 2.75) is 38.0 Å². The molecule has 8 nitrogen and oxygen atoms in total. The molecule has 0 aliphatic rings. The van der Waals surface area contributed by atoms with Crippen LogP contribution in [0.25, 0.3) is 0 Å². The van der Waals surface area contributed by atoms with Crippen LogP contribution in [0, 0.1) is 13.8 Å². The van der Waals surface area contributed by atoms with Gasteiger partial charge in [0.1, 0.15) is 12.4 Å². The van der Waals surface area contributed by atoms with E-state index in [1.807, 2.05) is 0 Å². The maximum Gasteiger partial charge on any atom is 0.406 e.